The molecule has 0 radical (unpaired) electrons. The summed E-state index contributed by atoms with van der Waals surface area (Å²) in [5, 5.41) is 31.0. The summed E-state index contributed by atoms with van der Waals surface area (Å²) in [5.41, 5.74) is 0. The maximum atomic E-state index is 12.9. The summed E-state index contributed by atoms with van der Waals surface area (Å²) in [6.07, 6.45) is 42.5. The van der Waals surface area contributed by atoms with Crippen LogP contribution in [0.4, 0.5) is 0 Å². The molecule has 0 aliphatic carbocycles. The number of aliphatic hydroxyl groups is 3. The monoisotopic (exact) mass is 989 g/mol. The number of hydrogen-bond acceptors (Lipinski definition) is 11. The Kier molecular flexibility index (Phi) is 42.9. The predicted molar refractivity (Wildman–Crippen MR) is 275 cm³/mol. The summed E-state index contributed by atoms with van der Waals surface area (Å²) >= 11 is 0. The standard InChI is InChI=1S/C55H104O12S/c1-3-5-7-9-11-13-15-17-19-21-23-24-26-28-30-32-34-36-38-40-42-44-51(57)66-48(46-65-55-54(60)53(59)52(58)49(67-55)47-68(61,62)63)45-64-50(56)43-41-39-37-35-33-31-29-27-25-22-20-18-16-14-12-10-8-6-4-2/h17,19,48-49,52-55,58-60H,3-16,18,20-47H2,1-2H3,(H,61,62,63)/b19-17+/t48-,49-,52-,53?,54?,55+/m1/s1. The van der Waals surface area contributed by atoms with E-state index in [2.05, 4.69) is 26.0 Å². The fourth-order valence-corrected chi connectivity index (χ4v) is 9.66. The molecule has 0 saturated carbocycles. The third-order valence-corrected chi connectivity index (χ3v) is 14.1. The Balaban J connectivity index is 2.31. The number of carbonyl (C=O) groups is 2. The van der Waals surface area contributed by atoms with E-state index in [1.54, 1.807) is 0 Å². The number of unbranched alkanes of at least 4 members (excludes halogenated alkanes) is 35. The minimum atomic E-state index is -4.60. The highest BCUT2D eigenvalue weighted by Crippen LogP contribution is 2.24. The van der Waals surface area contributed by atoms with E-state index in [1.807, 2.05) is 0 Å². The highest BCUT2D eigenvalue weighted by molar-refractivity contribution is 7.85. The molecule has 1 aliphatic rings. The fourth-order valence-electron chi connectivity index (χ4n) is 8.97. The summed E-state index contributed by atoms with van der Waals surface area (Å²) in [4.78, 5) is 25.6. The molecule has 2 unspecified atom stereocenters. The average Bonchev–Trinajstić information content (AvgIpc) is 3.31. The van der Waals surface area contributed by atoms with Gasteiger partial charge < -0.3 is 34.3 Å². The van der Waals surface area contributed by atoms with Gasteiger partial charge in [-0.05, 0) is 38.5 Å². The number of hydrogen-bond donors (Lipinski definition) is 4. The summed E-state index contributed by atoms with van der Waals surface area (Å²) in [6, 6.07) is 0. The minimum Gasteiger partial charge on any atom is -0.462 e. The molecule has 68 heavy (non-hydrogen) atoms. The molecule has 13 heteroatoms. The van der Waals surface area contributed by atoms with Crippen LogP contribution in [-0.4, -0.2) is 96.0 Å². The van der Waals surface area contributed by atoms with Crippen LogP contribution >= 0.6 is 0 Å². The van der Waals surface area contributed by atoms with Crippen molar-refractivity contribution in [3.63, 3.8) is 0 Å². The first-order valence-corrected chi connectivity index (χ1v) is 29.9. The van der Waals surface area contributed by atoms with Crippen molar-refractivity contribution in [3.05, 3.63) is 12.2 Å². The van der Waals surface area contributed by atoms with Crippen LogP contribution in [0.3, 0.4) is 0 Å². The molecule has 402 valence electrons. The van der Waals surface area contributed by atoms with Crippen LogP contribution in [0.2, 0.25) is 0 Å². The Morgan fingerprint density at radius 1 is 0.485 bits per heavy atom. The quantitative estimate of drug-likeness (QED) is 0.0196. The number of carbonyl (C=O) groups excluding carboxylic acids is 2. The van der Waals surface area contributed by atoms with Crippen molar-refractivity contribution in [2.45, 2.75) is 307 Å². The molecule has 1 heterocycles. The van der Waals surface area contributed by atoms with E-state index in [9.17, 15) is 37.9 Å². The van der Waals surface area contributed by atoms with E-state index >= 15 is 0 Å². The molecule has 0 aromatic rings. The SMILES string of the molecule is CCCCCCCC/C=C/CCCCCCCCCCCCCC(=O)O[C@H](COC(=O)CCCCCCCCCCCCCCCCCCCCC)CO[C@H]1O[C@H](CS(=O)(=O)O)[C@@H](O)C(O)C1O. The van der Waals surface area contributed by atoms with Gasteiger partial charge in [0.2, 0.25) is 0 Å². The third-order valence-electron chi connectivity index (χ3n) is 13.3. The molecule has 0 spiro atoms. The molecule has 1 saturated heterocycles. The first kappa shape index (κ1) is 64.4. The summed E-state index contributed by atoms with van der Waals surface area (Å²) in [6.45, 7) is 3.82. The summed E-state index contributed by atoms with van der Waals surface area (Å²) < 4.78 is 54.4. The van der Waals surface area contributed by atoms with Crippen molar-refractivity contribution in [2.75, 3.05) is 19.0 Å². The fraction of sp³-hybridized carbons (Fsp3) is 0.927. The van der Waals surface area contributed by atoms with Gasteiger partial charge in [0, 0.05) is 12.8 Å². The molecule has 1 aliphatic heterocycles. The normalized spacial score (nSPS) is 19.2. The molecular formula is C55H104O12S. The summed E-state index contributed by atoms with van der Waals surface area (Å²) in [5.74, 6) is -1.96. The van der Waals surface area contributed by atoms with Crippen LogP contribution in [0.25, 0.3) is 0 Å². The van der Waals surface area contributed by atoms with Gasteiger partial charge in [0.15, 0.2) is 12.4 Å². The highest BCUT2D eigenvalue weighted by Gasteiger charge is 2.46. The van der Waals surface area contributed by atoms with Gasteiger partial charge in [-0.3, -0.25) is 14.1 Å². The van der Waals surface area contributed by atoms with E-state index in [4.69, 9.17) is 18.9 Å². The number of allylic oxidation sites excluding steroid dienone is 2. The topological polar surface area (TPSA) is 186 Å². The van der Waals surface area contributed by atoms with Crippen molar-refractivity contribution in [1.82, 2.24) is 0 Å². The van der Waals surface area contributed by atoms with Gasteiger partial charge >= 0.3 is 11.9 Å². The maximum absolute atomic E-state index is 12.9. The first-order chi connectivity index (χ1) is 33.0. The molecule has 4 N–H and O–H groups in total. The van der Waals surface area contributed by atoms with Gasteiger partial charge in [-0.2, -0.15) is 8.42 Å². The van der Waals surface area contributed by atoms with Crippen LogP contribution in [0, 0.1) is 0 Å². The van der Waals surface area contributed by atoms with Crippen LogP contribution in [0.1, 0.15) is 271 Å². The lowest BCUT2D eigenvalue weighted by Crippen LogP contribution is -2.60. The average molecular weight is 989 g/mol. The van der Waals surface area contributed by atoms with Gasteiger partial charge in [-0.1, -0.05) is 231 Å². The molecule has 1 rings (SSSR count). The number of aliphatic hydroxyl groups excluding tert-OH is 3. The van der Waals surface area contributed by atoms with Crippen LogP contribution in [0.15, 0.2) is 12.2 Å². The van der Waals surface area contributed by atoms with Gasteiger partial charge in [0.05, 0.1) is 6.61 Å². The molecule has 0 aromatic heterocycles. The minimum absolute atomic E-state index is 0.169. The maximum Gasteiger partial charge on any atom is 0.306 e. The van der Waals surface area contributed by atoms with Crippen LogP contribution in [0.5, 0.6) is 0 Å². The van der Waals surface area contributed by atoms with E-state index < -0.39 is 71.2 Å². The Morgan fingerprint density at radius 2 is 0.838 bits per heavy atom. The van der Waals surface area contributed by atoms with E-state index in [1.165, 1.54) is 193 Å². The van der Waals surface area contributed by atoms with Gasteiger partial charge in [0.1, 0.15) is 36.8 Å². The van der Waals surface area contributed by atoms with Crippen LogP contribution in [-0.2, 0) is 38.7 Å². The van der Waals surface area contributed by atoms with Crippen molar-refractivity contribution >= 4 is 22.1 Å². The predicted octanol–water partition coefficient (Wildman–Crippen LogP) is 13.4. The number of rotatable bonds is 49. The van der Waals surface area contributed by atoms with Crippen molar-refractivity contribution < 1.29 is 56.8 Å². The second-order valence-corrected chi connectivity index (χ2v) is 21.5. The second kappa shape index (κ2) is 45.3. The Bertz CT molecular complexity index is 1300. The molecule has 6 atom stereocenters. The Morgan fingerprint density at radius 3 is 1.22 bits per heavy atom. The number of esters is 2. The lowest BCUT2D eigenvalue weighted by molar-refractivity contribution is -0.297. The molecule has 0 amide bonds. The van der Waals surface area contributed by atoms with Gasteiger partial charge in [-0.15, -0.1) is 0 Å². The summed E-state index contributed by atoms with van der Waals surface area (Å²) in [7, 11) is -4.60. The zero-order chi connectivity index (χ0) is 49.8. The van der Waals surface area contributed by atoms with Crippen LogP contribution < -0.4 is 0 Å². The van der Waals surface area contributed by atoms with Crippen molar-refractivity contribution in [1.29, 1.82) is 0 Å². The first-order valence-electron chi connectivity index (χ1n) is 28.2. The smallest absolute Gasteiger partial charge is 0.306 e. The molecule has 1 fully saturated rings. The molecular weight excluding hydrogens is 885 g/mol. The Labute approximate surface area is 416 Å². The lowest BCUT2D eigenvalue weighted by atomic mass is 10.00. The second-order valence-electron chi connectivity index (χ2n) is 20.0. The number of ether oxygens (including phenoxy) is 4. The van der Waals surface area contributed by atoms with E-state index in [0.29, 0.717) is 12.8 Å². The third kappa shape index (κ3) is 39.1. The van der Waals surface area contributed by atoms with Crippen molar-refractivity contribution in [3.8, 4) is 0 Å². The zero-order valence-electron chi connectivity index (χ0n) is 43.5. The highest BCUT2D eigenvalue weighted by atomic mass is 32.2. The van der Waals surface area contributed by atoms with Crippen molar-refractivity contribution in [2.24, 2.45) is 0 Å². The largest absolute Gasteiger partial charge is 0.462 e. The van der Waals surface area contributed by atoms with E-state index in [0.717, 1.165) is 38.5 Å². The lowest BCUT2D eigenvalue weighted by Gasteiger charge is -2.40. The molecule has 0 aromatic carbocycles. The Hall–Kier alpha value is -1.61. The van der Waals surface area contributed by atoms with Gasteiger partial charge in [0.25, 0.3) is 10.1 Å². The van der Waals surface area contributed by atoms with E-state index in [-0.39, 0.29) is 19.4 Å². The molecule has 0 bridgehead atoms. The molecule has 12 nitrogen and oxygen atoms in total. The zero-order valence-corrected chi connectivity index (χ0v) is 44.3. The van der Waals surface area contributed by atoms with Gasteiger partial charge in [-0.25, -0.2) is 0 Å².